The monoisotopic (exact) mass is 214 g/mol. The fourth-order valence-electron chi connectivity index (χ4n) is 2.51. The Morgan fingerprint density at radius 1 is 1.44 bits per heavy atom. The van der Waals surface area contributed by atoms with E-state index in [1.54, 1.807) is 0 Å². The van der Waals surface area contributed by atoms with Gasteiger partial charge in [0.25, 0.3) is 0 Å². The summed E-state index contributed by atoms with van der Waals surface area (Å²) in [6, 6.07) is 7.68. The average molecular weight is 214 g/mol. The lowest BCUT2D eigenvalue weighted by Crippen LogP contribution is -2.37. The first-order valence-corrected chi connectivity index (χ1v) is 5.46. The SMILES string of the molecule is C#Cc1ccccc1C1(CC(=O)O)CCC1. The second-order valence-corrected chi connectivity index (χ2v) is 4.39. The van der Waals surface area contributed by atoms with E-state index in [1.807, 2.05) is 24.3 Å². The van der Waals surface area contributed by atoms with Crippen LogP contribution < -0.4 is 0 Å². The zero-order valence-corrected chi connectivity index (χ0v) is 9.07. The molecule has 82 valence electrons. The van der Waals surface area contributed by atoms with E-state index in [0.29, 0.717) is 0 Å². The van der Waals surface area contributed by atoms with Gasteiger partial charge in [0.15, 0.2) is 0 Å². The molecule has 1 aromatic rings. The molecule has 1 aromatic carbocycles. The summed E-state index contributed by atoms with van der Waals surface area (Å²) >= 11 is 0. The molecule has 0 spiro atoms. The minimum atomic E-state index is -0.744. The van der Waals surface area contributed by atoms with Crippen LogP contribution in [-0.2, 0) is 10.2 Å². The van der Waals surface area contributed by atoms with Gasteiger partial charge in [-0.2, -0.15) is 0 Å². The fourth-order valence-corrected chi connectivity index (χ4v) is 2.51. The van der Waals surface area contributed by atoms with Crippen LogP contribution in [0.15, 0.2) is 24.3 Å². The predicted molar refractivity (Wildman–Crippen MR) is 62.2 cm³/mol. The van der Waals surface area contributed by atoms with Gasteiger partial charge in [0.1, 0.15) is 0 Å². The van der Waals surface area contributed by atoms with Crippen molar-refractivity contribution in [2.75, 3.05) is 0 Å². The van der Waals surface area contributed by atoms with Crippen LogP contribution in [0.5, 0.6) is 0 Å². The molecular formula is C14H14O2. The summed E-state index contributed by atoms with van der Waals surface area (Å²) in [4.78, 5) is 10.9. The number of hydrogen-bond acceptors (Lipinski definition) is 1. The molecule has 0 aromatic heterocycles. The second kappa shape index (κ2) is 4.02. The van der Waals surface area contributed by atoms with Gasteiger partial charge in [-0.15, -0.1) is 6.42 Å². The smallest absolute Gasteiger partial charge is 0.304 e. The topological polar surface area (TPSA) is 37.3 Å². The Bertz CT molecular complexity index is 450. The number of carbonyl (C=O) groups is 1. The zero-order valence-electron chi connectivity index (χ0n) is 9.07. The standard InChI is InChI=1S/C14H14O2/c1-2-11-6-3-4-7-12(11)14(8-5-9-14)10-13(15)16/h1,3-4,6-7H,5,8-10H2,(H,15,16). The van der Waals surface area contributed by atoms with Gasteiger partial charge >= 0.3 is 5.97 Å². The van der Waals surface area contributed by atoms with E-state index in [1.165, 1.54) is 0 Å². The van der Waals surface area contributed by atoms with Crippen LogP contribution in [0.3, 0.4) is 0 Å². The zero-order chi connectivity index (χ0) is 11.6. The van der Waals surface area contributed by atoms with Gasteiger partial charge in [-0.1, -0.05) is 30.5 Å². The maximum atomic E-state index is 10.9. The number of hydrogen-bond donors (Lipinski definition) is 1. The van der Waals surface area contributed by atoms with Crippen molar-refractivity contribution in [1.29, 1.82) is 0 Å². The molecule has 2 nitrogen and oxygen atoms in total. The summed E-state index contributed by atoms with van der Waals surface area (Å²) in [5, 5.41) is 8.99. The molecule has 1 fully saturated rings. The molecule has 0 radical (unpaired) electrons. The molecule has 0 atom stereocenters. The van der Waals surface area contributed by atoms with Crippen molar-refractivity contribution in [3.05, 3.63) is 35.4 Å². The number of terminal acetylenes is 1. The van der Waals surface area contributed by atoms with Crippen LogP contribution in [0.25, 0.3) is 0 Å². The number of carboxylic acids is 1. The predicted octanol–water partition coefficient (Wildman–Crippen LogP) is 2.56. The largest absolute Gasteiger partial charge is 0.481 e. The van der Waals surface area contributed by atoms with Crippen LogP contribution in [0.2, 0.25) is 0 Å². The van der Waals surface area contributed by atoms with Crippen LogP contribution in [0.4, 0.5) is 0 Å². The quantitative estimate of drug-likeness (QED) is 0.785. The molecule has 1 N–H and O–H groups in total. The first-order valence-electron chi connectivity index (χ1n) is 5.46. The van der Waals surface area contributed by atoms with Gasteiger partial charge < -0.3 is 5.11 Å². The molecule has 0 bridgehead atoms. The molecule has 0 heterocycles. The lowest BCUT2D eigenvalue weighted by molar-refractivity contribution is -0.139. The Kier molecular flexibility index (Phi) is 2.70. The lowest BCUT2D eigenvalue weighted by Gasteiger charge is -2.42. The molecule has 1 saturated carbocycles. The highest BCUT2D eigenvalue weighted by molar-refractivity contribution is 5.70. The maximum Gasteiger partial charge on any atom is 0.304 e. The summed E-state index contributed by atoms with van der Waals surface area (Å²) < 4.78 is 0. The van der Waals surface area contributed by atoms with Gasteiger partial charge in [0, 0.05) is 11.0 Å². The Morgan fingerprint density at radius 2 is 2.12 bits per heavy atom. The Balaban J connectivity index is 2.41. The Morgan fingerprint density at radius 3 is 2.62 bits per heavy atom. The second-order valence-electron chi connectivity index (χ2n) is 4.39. The molecule has 2 heteroatoms. The molecule has 0 unspecified atom stereocenters. The third kappa shape index (κ3) is 1.69. The van der Waals surface area contributed by atoms with Crippen molar-refractivity contribution in [2.24, 2.45) is 0 Å². The van der Waals surface area contributed by atoms with Crippen molar-refractivity contribution < 1.29 is 9.90 Å². The molecule has 1 aliphatic rings. The summed E-state index contributed by atoms with van der Waals surface area (Å²) in [5.74, 6) is 1.91. The molecule has 0 aliphatic heterocycles. The minimum Gasteiger partial charge on any atom is -0.481 e. The number of aliphatic carboxylic acids is 1. The molecule has 1 aliphatic carbocycles. The van der Waals surface area contributed by atoms with E-state index in [4.69, 9.17) is 11.5 Å². The molecule has 0 amide bonds. The van der Waals surface area contributed by atoms with Crippen LogP contribution in [-0.4, -0.2) is 11.1 Å². The summed E-state index contributed by atoms with van der Waals surface area (Å²) in [6.45, 7) is 0. The van der Waals surface area contributed by atoms with Crippen molar-refractivity contribution in [2.45, 2.75) is 31.1 Å². The highest BCUT2D eigenvalue weighted by Gasteiger charge is 2.41. The van der Waals surface area contributed by atoms with Crippen LogP contribution in [0, 0.1) is 12.3 Å². The minimum absolute atomic E-state index is 0.186. The van der Waals surface area contributed by atoms with E-state index in [0.717, 1.165) is 30.4 Å². The lowest BCUT2D eigenvalue weighted by atomic mass is 9.61. The first kappa shape index (κ1) is 10.8. The normalized spacial score (nSPS) is 17.2. The maximum absolute atomic E-state index is 10.9. The third-order valence-electron chi connectivity index (χ3n) is 3.45. The molecular weight excluding hydrogens is 200 g/mol. The third-order valence-corrected chi connectivity index (χ3v) is 3.45. The van der Waals surface area contributed by atoms with Gasteiger partial charge in [-0.3, -0.25) is 4.79 Å². The van der Waals surface area contributed by atoms with Crippen LogP contribution in [0.1, 0.15) is 36.8 Å². The van der Waals surface area contributed by atoms with E-state index >= 15 is 0 Å². The van der Waals surface area contributed by atoms with E-state index < -0.39 is 5.97 Å². The van der Waals surface area contributed by atoms with Crippen LogP contribution >= 0.6 is 0 Å². The highest BCUT2D eigenvalue weighted by Crippen LogP contribution is 2.47. The number of carboxylic acid groups (broad SMARTS) is 1. The summed E-state index contributed by atoms with van der Waals surface area (Å²) in [5.41, 5.74) is 1.66. The van der Waals surface area contributed by atoms with Crippen molar-refractivity contribution >= 4 is 5.97 Å². The average Bonchev–Trinajstić information content (AvgIpc) is 2.23. The van der Waals surface area contributed by atoms with Crippen molar-refractivity contribution in [1.82, 2.24) is 0 Å². The highest BCUT2D eigenvalue weighted by atomic mass is 16.4. The van der Waals surface area contributed by atoms with Gasteiger partial charge in [0.05, 0.1) is 6.42 Å². The molecule has 16 heavy (non-hydrogen) atoms. The fraction of sp³-hybridized carbons (Fsp3) is 0.357. The Labute approximate surface area is 95.3 Å². The summed E-state index contributed by atoms with van der Waals surface area (Å²) in [6.07, 6.45) is 8.59. The van der Waals surface area contributed by atoms with E-state index in [-0.39, 0.29) is 11.8 Å². The Hall–Kier alpha value is -1.75. The van der Waals surface area contributed by atoms with Crippen molar-refractivity contribution in [3.63, 3.8) is 0 Å². The molecule has 2 rings (SSSR count). The van der Waals surface area contributed by atoms with Gasteiger partial charge in [-0.25, -0.2) is 0 Å². The number of rotatable bonds is 3. The van der Waals surface area contributed by atoms with E-state index in [9.17, 15) is 4.79 Å². The number of benzene rings is 1. The van der Waals surface area contributed by atoms with Crippen molar-refractivity contribution in [3.8, 4) is 12.3 Å². The van der Waals surface area contributed by atoms with Gasteiger partial charge in [0.2, 0.25) is 0 Å². The first-order chi connectivity index (χ1) is 7.68. The van der Waals surface area contributed by atoms with E-state index in [2.05, 4.69) is 5.92 Å². The summed E-state index contributed by atoms with van der Waals surface area (Å²) in [7, 11) is 0. The molecule has 0 saturated heterocycles. The van der Waals surface area contributed by atoms with Gasteiger partial charge in [-0.05, 0) is 24.5 Å².